The lowest BCUT2D eigenvalue weighted by Gasteiger charge is -2.27. The van der Waals surface area contributed by atoms with Crippen LogP contribution in [0.1, 0.15) is 25.7 Å². The third-order valence-corrected chi connectivity index (χ3v) is 6.36. The van der Waals surface area contributed by atoms with E-state index in [2.05, 4.69) is 16.0 Å². The van der Waals surface area contributed by atoms with E-state index in [1.165, 1.54) is 5.32 Å². The Kier molecular flexibility index (Phi) is 7.92. The van der Waals surface area contributed by atoms with E-state index in [1.54, 1.807) is 11.8 Å². The number of carbonyl (C=O) groups is 3. The Morgan fingerprint density at radius 3 is 2.29 bits per heavy atom. The van der Waals surface area contributed by atoms with Crippen LogP contribution in [0.15, 0.2) is 0 Å². The molecule has 0 bridgehead atoms. The number of fused-ring (bicyclic) bond motifs is 1. The first-order valence-electron chi connectivity index (χ1n) is 9.33. The van der Waals surface area contributed by atoms with Crippen molar-refractivity contribution in [3.05, 3.63) is 0 Å². The van der Waals surface area contributed by atoms with Gasteiger partial charge in [-0.2, -0.15) is 42.5 Å². The Morgan fingerprint density at radius 2 is 1.65 bits per heavy atom. The molecule has 3 atom stereocenters. The molecular formula is C16H21F7N4O3S. The van der Waals surface area contributed by atoms with Gasteiger partial charge >= 0.3 is 24.1 Å². The summed E-state index contributed by atoms with van der Waals surface area (Å²) in [6.45, 7) is -1.17. The smallest absolute Gasteiger partial charge is 0.354 e. The van der Waals surface area contributed by atoms with Gasteiger partial charge in [0.1, 0.15) is 0 Å². The van der Waals surface area contributed by atoms with Crippen molar-refractivity contribution >= 4 is 29.6 Å². The van der Waals surface area contributed by atoms with E-state index in [0.29, 0.717) is 12.8 Å². The molecule has 31 heavy (non-hydrogen) atoms. The third kappa shape index (κ3) is 5.86. The van der Waals surface area contributed by atoms with Crippen LogP contribution in [0.2, 0.25) is 0 Å². The number of hydrogen-bond acceptors (Lipinski definition) is 4. The van der Waals surface area contributed by atoms with Crippen molar-refractivity contribution in [2.75, 3.05) is 18.8 Å². The zero-order valence-corrected chi connectivity index (χ0v) is 16.8. The summed E-state index contributed by atoms with van der Waals surface area (Å²) in [5.41, 5.74) is 0. The monoisotopic (exact) mass is 482 g/mol. The number of alkyl halides is 7. The molecule has 15 heteroatoms. The second kappa shape index (κ2) is 9.69. The fourth-order valence-corrected chi connectivity index (χ4v) is 4.72. The zero-order chi connectivity index (χ0) is 23.4. The lowest BCUT2D eigenvalue weighted by atomic mass is 10.0. The Bertz CT molecular complexity index is 693. The summed E-state index contributed by atoms with van der Waals surface area (Å²) in [5, 5.41) is 9.38. The van der Waals surface area contributed by atoms with Crippen LogP contribution in [0.25, 0.3) is 0 Å². The molecule has 0 spiro atoms. The average Bonchev–Trinajstić information content (AvgIpc) is 3.20. The number of rotatable bonds is 10. The summed E-state index contributed by atoms with van der Waals surface area (Å²) in [7, 11) is 0. The highest BCUT2D eigenvalue weighted by Crippen LogP contribution is 2.46. The SMILES string of the molecule is O=C(CCCC[C@@H]1SC[C@@H]2NC(=O)N[C@@H]21)NCCNC(=O)C(F)(F)C(F)(F)C(F)(F)F. The number of thioether (sulfide) groups is 1. The highest BCUT2D eigenvalue weighted by atomic mass is 32.2. The van der Waals surface area contributed by atoms with Crippen molar-refractivity contribution in [2.24, 2.45) is 0 Å². The molecule has 0 aromatic carbocycles. The molecule has 2 aliphatic rings. The van der Waals surface area contributed by atoms with E-state index in [-0.39, 0.29) is 29.8 Å². The van der Waals surface area contributed by atoms with Gasteiger partial charge in [0.05, 0.1) is 12.1 Å². The van der Waals surface area contributed by atoms with Gasteiger partial charge in [0.25, 0.3) is 5.91 Å². The van der Waals surface area contributed by atoms with Crippen LogP contribution in [0.5, 0.6) is 0 Å². The average molecular weight is 482 g/mol. The summed E-state index contributed by atoms with van der Waals surface area (Å²) < 4.78 is 87.8. The molecule has 0 saturated carbocycles. The topological polar surface area (TPSA) is 99.3 Å². The van der Waals surface area contributed by atoms with Crippen molar-refractivity contribution in [1.82, 2.24) is 21.3 Å². The Balaban J connectivity index is 1.60. The molecule has 178 valence electrons. The molecule has 7 nitrogen and oxygen atoms in total. The van der Waals surface area contributed by atoms with Crippen LogP contribution in [0.4, 0.5) is 35.5 Å². The van der Waals surface area contributed by atoms with Gasteiger partial charge in [-0.3, -0.25) is 9.59 Å². The van der Waals surface area contributed by atoms with Gasteiger partial charge in [0.2, 0.25) is 5.91 Å². The van der Waals surface area contributed by atoms with Gasteiger partial charge < -0.3 is 21.3 Å². The normalized spacial score (nSPS) is 23.7. The Labute approximate surface area is 176 Å². The van der Waals surface area contributed by atoms with Crippen molar-refractivity contribution in [3.63, 3.8) is 0 Å². The molecule has 2 fully saturated rings. The first-order valence-corrected chi connectivity index (χ1v) is 10.4. The first kappa shape index (κ1) is 25.3. The van der Waals surface area contributed by atoms with Crippen LogP contribution in [0.3, 0.4) is 0 Å². The third-order valence-electron chi connectivity index (χ3n) is 4.85. The quantitative estimate of drug-likeness (QED) is 0.217. The summed E-state index contributed by atoms with van der Waals surface area (Å²) in [6.07, 6.45) is -4.59. The maximum absolute atomic E-state index is 13.1. The van der Waals surface area contributed by atoms with Crippen LogP contribution >= 0.6 is 11.8 Å². The molecule has 0 radical (unpaired) electrons. The number of amides is 4. The van der Waals surface area contributed by atoms with Crippen molar-refractivity contribution in [1.29, 1.82) is 0 Å². The molecule has 4 N–H and O–H groups in total. The predicted octanol–water partition coefficient (Wildman–Crippen LogP) is 1.78. The van der Waals surface area contributed by atoms with Gasteiger partial charge in [0, 0.05) is 30.5 Å². The molecule has 0 unspecified atom stereocenters. The minimum atomic E-state index is -6.60. The van der Waals surface area contributed by atoms with Crippen LogP contribution < -0.4 is 21.3 Å². The van der Waals surface area contributed by atoms with Crippen molar-refractivity contribution in [3.8, 4) is 0 Å². The number of nitrogens with one attached hydrogen (secondary N) is 4. The maximum atomic E-state index is 13.1. The molecule has 4 amide bonds. The Morgan fingerprint density at radius 1 is 1.00 bits per heavy atom. The molecule has 0 aromatic heterocycles. The van der Waals surface area contributed by atoms with Gasteiger partial charge in [-0.15, -0.1) is 0 Å². The minimum absolute atomic E-state index is 0.0396. The summed E-state index contributed by atoms with van der Waals surface area (Å²) >= 11 is 1.72. The first-order chi connectivity index (χ1) is 14.3. The lowest BCUT2D eigenvalue weighted by molar-refractivity contribution is -0.344. The summed E-state index contributed by atoms with van der Waals surface area (Å²) in [6, 6.07) is -0.0751. The molecule has 2 heterocycles. The van der Waals surface area contributed by atoms with E-state index < -0.39 is 42.9 Å². The van der Waals surface area contributed by atoms with Crippen LogP contribution in [-0.2, 0) is 9.59 Å². The Hall–Kier alpha value is -1.93. The molecule has 2 rings (SSSR count). The van der Waals surface area contributed by atoms with Crippen LogP contribution in [-0.4, -0.2) is 72.0 Å². The van der Waals surface area contributed by atoms with E-state index in [4.69, 9.17) is 0 Å². The standard InChI is InChI=1S/C16H21F7N4O3S/c17-14(18,15(19,20)16(21,22)23)12(29)25-6-5-24-10(28)4-2-1-3-9-11-8(7-31-9)26-13(30)27-11/h8-9,11H,1-7H2,(H,24,28)(H,25,29)(H2,26,27,30)/t8-,9-,11-/m0/s1. The van der Waals surface area contributed by atoms with Gasteiger partial charge in [-0.25, -0.2) is 4.79 Å². The number of carbonyl (C=O) groups excluding carboxylic acids is 3. The highest BCUT2D eigenvalue weighted by Gasteiger charge is 2.76. The van der Waals surface area contributed by atoms with Crippen molar-refractivity contribution < 1.29 is 45.1 Å². The second-order valence-electron chi connectivity index (χ2n) is 7.12. The van der Waals surface area contributed by atoms with E-state index in [9.17, 15) is 45.1 Å². The summed E-state index contributed by atoms with van der Waals surface area (Å²) in [4.78, 5) is 34.0. The molecule has 0 aromatic rings. The molecule has 2 saturated heterocycles. The molecular weight excluding hydrogens is 461 g/mol. The van der Waals surface area contributed by atoms with Crippen molar-refractivity contribution in [2.45, 2.75) is 61.0 Å². The fraction of sp³-hybridized carbons (Fsp3) is 0.812. The zero-order valence-electron chi connectivity index (χ0n) is 16.0. The molecule has 0 aliphatic carbocycles. The maximum Gasteiger partial charge on any atom is 0.460 e. The van der Waals surface area contributed by atoms with Gasteiger partial charge in [0.15, 0.2) is 0 Å². The van der Waals surface area contributed by atoms with Gasteiger partial charge in [-0.05, 0) is 12.8 Å². The van der Waals surface area contributed by atoms with Crippen LogP contribution in [0, 0.1) is 0 Å². The summed E-state index contributed by atoms with van der Waals surface area (Å²) in [5.74, 6) is -15.0. The highest BCUT2D eigenvalue weighted by molar-refractivity contribution is 8.00. The predicted molar refractivity (Wildman–Crippen MR) is 95.9 cm³/mol. The van der Waals surface area contributed by atoms with Gasteiger partial charge in [-0.1, -0.05) is 6.42 Å². The number of halogens is 7. The largest absolute Gasteiger partial charge is 0.460 e. The van der Waals surface area contributed by atoms with E-state index in [0.717, 1.165) is 12.2 Å². The second-order valence-corrected chi connectivity index (χ2v) is 8.39. The number of urea groups is 1. The lowest BCUT2D eigenvalue weighted by Crippen LogP contribution is -2.59. The van der Waals surface area contributed by atoms with E-state index >= 15 is 0 Å². The number of unbranched alkanes of at least 4 members (excludes halogenated alkanes) is 1. The minimum Gasteiger partial charge on any atom is -0.354 e. The molecule has 2 aliphatic heterocycles. The van der Waals surface area contributed by atoms with E-state index in [1.807, 2.05) is 0 Å². The number of hydrogen-bond donors (Lipinski definition) is 4. The fourth-order valence-electron chi connectivity index (χ4n) is 3.17.